The first-order valence-electron chi connectivity index (χ1n) is 9.11. The van der Waals surface area contributed by atoms with Gasteiger partial charge in [0.2, 0.25) is 5.88 Å². The van der Waals surface area contributed by atoms with Gasteiger partial charge in [0, 0.05) is 34.4 Å². The molecule has 4 nitrogen and oxygen atoms in total. The highest BCUT2D eigenvalue weighted by Crippen LogP contribution is 2.24. The smallest absolute Gasteiger partial charge is 0.213 e. The Morgan fingerprint density at radius 2 is 1.71 bits per heavy atom. The highest BCUT2D eigenvalue weighted by Gasteiger charge is 2.06. The molecule has 0 fully saturated rings. The van der Waals surface area contributed by atoms with Gasteiger partial charge in [-0.05, 0) is 54.9 Å². The molecule has 0 saturated heterocycles. The van der Waals surface area contributed by atoms with Crippen molar-refractivity contribution in [1.82, 2.24) is 10.3 Å². The summed E-state index contributed by atoms with van der Waals surface area (Å²) in [5.41, 5.74) is 2.08. The van der Waals surface area contributed by atoms with E-state index in [4.69, 9.17) is 32.7 Å². The van der Waals surface area contributed by atoms with Gasteiger partial charge in [-0.15, -0.1) is 0 Å². The number of pyridine rings is 1. The van der Waals surface area contributed by atoms with Crippen LogP contribution in [0.5, 0.6) is 11.6 Å². The second kappa shape index (κ2) is 10.9. The maximum atomic E-state index is 6.16. The fourth-order valence-corrected chi connectivity index (χ4v) is 2.92. The lowest BCUT2D eigenvalue weighted by Gasteiger charge is -2.13. The molecule has 146 valence electrons. The SMILES string of the molecule is Clc1ccc(COc2ccc(Cl)cc2CNCCCOc2ccccn2)cc1. The van der Waals surface area contributed by atoms with E-state index in [-0.39, 0.29) is 0 Å². The van der Waals surface area contributed by atoms with Gasteiger partial charge in [-0.3, -0.25) is 0 Å². The monoisotopic (exact) mass is 416 g/mol. The fraction of sp³-hybridized carbons (Fsp3) is 0.227. The van der Waals surface area contributed by atoms with Crippen LogP contribution in [-0.4, -0.2) is 18.1 Å². The standard InChI is InChI=1S/C22H22Cl2N2O2/c23-19-7-5-17(6-8-19)16-28-21-10-9-20(24)14-18(21)15-25-11-3-13-27-22-4-1-2-12-26-22/h1-2,4-10,12,14,25H,3,11,13,15-16H2. The van der Waals surface area contributed by atoms with Gasteiger partial charge in [-0.2, -0.15) is 0 Å². The average Bonchev–Trinajstić information content (AvgIpc) is 2.72. The average molecular weight is 417 g/mol. The van der Waals surface area contributed by atoms with E-state index >= 15 is 0 Å². The molecule has 0 bridgehead atoms. The molecule has 0 saturated carbocycles. The topological polar surface area (TPSA) is 43.4 Å². The van der Waals surface area contributed by atoms with Gasteiger partial charge in [0.15, 0.2) is 0 Å². The molecule has 0 amide bonds. The molecule has 2 aromatic carbocycles. The minimum Gasteiger partial charge on any atom is -0.489 e. The van der Waals surface area contributed by atoms with Crippen LogP contribution >= 0.6 is 23.2 Å². The first kappa shape index (κ1) is 20.5. The van der Waals surface area contributed by atoms with Crippen LogP contribution in [0.15, 0.2) is 66.9 Å². The van der Waals surface area contributed by atoms with E-state index in [1.807, 2.05) is 60.7 Å². The summed E-state index contributed by atoms with van der Waals surface area (Å²) in [6.07, 6.45) is 2.59. The van der Waals surface area contributed by atoms with E-state index in [9.17, 15) is 0 Å². The summed E-state index contributed by atoms with van der Waals surface area (Å²) in [4.78, 5) is 4.13. The second-order valence-corrected chi connectivity index (χ2v) is 7.09. The largest absolute Gasteiger partial charge is 0.489 e. The molecule has 3 aromatic rings. The number of ether oxygens (including phenoxy) is 2. The molecule has 0 aliphatic rings. The van der Waals surface area contributed by atoms with Crippen molar-refractivity contribution in [2.75, 3.05) is 13.2 Å². The number of benzene rings is 2. The quantitative estimate of drug-likeness (QED) is 0.441. The number of aromatic nitrogens is 1. The van der Waals surface area contributed by atoms with E-state index < -0.39 is 0 Å². The first-order chi connectivity index (χ1) is 13.7. The van der Waals surface area contributed by atoms with Crippen molar-refractivity contribution in [3.63, 3.8) is 0 Å². The summed E-state index contributed by atoms with van der Waals surface area (Å²) in [6, 6.07) is 18.9. The van der Waals surface area contributed by atoms with Crippen LogP contribution < -0.4 is 14.8 Å². The predicted octanol–water partition coefficient (Wildman–Crippen LogP) is 5.53. The molecular weight excluding hydrogens is 395 g/mol. The predicted molar refractivity (Wildman–Crippen MR) is 113 cm³/mol. The summed E-state index contributed by atoms with van der Waals surface area (Å²) < 4.78 is 11.6. The van der Waals surface area contributed by atoms with Crippen molar-refractivity contribution in [3.8, 4) is 11.6 Å². The maximum absolute atomic E-state index is 6.16. The molecule has 0 aliphatic carbocycles. The number of hydrogen-bond acceptors (Lipinski definition) is 4. The summed E-state index contributed by atoms with van der Waals surface area (Å²) in [7, 11) is 0. The van der Waals surface area contributed by atoms with Gasteiger partial charge in [0.25, 0.3) is 0 Å². The highest BCUT2D eigenvalue weighted by molar-refractivity contribution is 6.30. The molecule has 6 heteroatoms. The molecule has 0 aliphatic heterocycles. The van der Waals surface area contributed by atoms with E-state index in [1.54, 1.807) is 6.20 Å². The zero-order chi connectivity index (χ0) is 19.6. The number of nitrogens with one attached hydrogen (secondary N) is 1. The molecule has 1 heterocycles. The van der Waals surface area contributed by atoms with Gasteiger partial charge < -0.3 is 14.8 Å². The van der Waals surface area contributed by atoms with E-state index in [1.165, 1.54) is 0 Å². The Hall–Kier alpha value is -2.27. The number of rotatable bonds is 10. The molecule has 0 unspecified atom stereocenters. The Labute approximate surface area is 175 Å². The van der Waals surface area contributed by atoms with Crippen molar-refractivity contribution in [2.45, 2.75) is 19.6 Å². The van der Waals surface area contributed by atoms with Crippen LogP contribution in [0.1, 0.15) is 17.5 Å². The maximum Gasteiger partial charge on any atom is 0.213 e. The van der Waals surface area contributed by atoms with E-state index in [0.717, 1.165) is 29.8 Å². The zero-order valence-corrected chi connectivity index (χ0v) is 16.9. The molecule has 28 heavy (non-hydrogen) atoms. The van der Waals surface area contributed by atoms with Crippen molar-refractivity contribution in [3.05, 3.63) is 88.0 Å². The minimum atomic E-state index is 0.476. The molecular formula is C22H22Cl2N2O2. The molecule has 3 rings (SSSR count). The molecule has 0 atom stereocenters. The Kier molecular flexibility index (Phi) is 7.97. The van der Waals surface area contributed by atoms with Crippen LogP contribution in [0, 0.1) is 0 Å². The lowest BCUT2D eigenvalue weighted by Crippen LogP contribution is -2.17. The van der Waals surface area contributed by atoms with Crippen LogP contribution in [0.4, 0.5) is 0 Å². The van der Waals surface area contributed by atoms with Crippen LogP contribution in [0.2, 0.25) is 10.0 Å². The van der Waals surface area contributed by atoms with Crippen LogP contribution in [-0.2, 0) is 13.2 Å². The van der Waals surface area contributed by atoms with Crippen LogP contribution in [0.3, 0.4) is 0 Å². The number of hydrogen-bond donors (Lipinski definition) is 1. The third kappa shape index (κ3) is 6.71. The summed E-state index contributed by atoms with van der Waals surface area (Å²) >= 11 is 12.1. The zero-order valence-electron chi connectivity index (χ0n) is 15.4. The lowest BCUT2D eigenvalue weighted by atomic mass is 10.2. The van der Waals surface area contributed by atoms with Crippen molar-refractivity contribution in [2.24, 2.45) is 0 Å². The third-order valence-corrected chi connectivity index (χ3v) is 4.52. The highest BCUT2D eigenvalue weighted by atomic mass is 35.5. The molecule has 1 N–H and O–H groups in total. The normalized spacial score (nSPS) is 10.6. The summed E-state index contributed by atoms with van der Waals surface area (Å²) in [5.74, 6) is 1.46. The summed E-state index contributed by atoms with van der Waals surface area (Å²) in [6.45, 7) is 2.57. The summed E-state index contributed by atoms with van der Waals surface area (Å²) in [5, 5.41) is 4.81. The third-order valence-electron chi connectivity index (χ3n) is 4.03. The van der Waals surface area contributed by atoms with Gasteiger partial charge in [-0.1, -0.05) is 41.4 Å². The van der Waals surface area contributed by atoms with Crippen LogP contribution in [0.25, 0.3) is 0 Å². The molecule has 0 spiro atoms. The molecule has 0 radical (unpaired) electrons. The van der Waals surface area contributed by atoms with Crippen molar-refractivity contribution in [1.29, 1.82) is 0 Å². The van der Waals surface area contributed by atoms with Crippen molar-refractivity contribution < 1.29 is 9.47 Å². The van der Waals surface area contributed by atoms with Gasteiger partial charge >= 0.3 is 0 Å². The second-order valence-electron chi connectivity index (χ2n) is 6.21. The fourth-order valence-electron chi connectivity index (χ4n) is 2.60. The lowest BCUT2D eigenvalue weighted by molar-refractivity contribution is 0.294. The van der Waals surface area contributed by atoms with Gasteiger partial charge in [0.05, 0.1) is 6.61 Å². The molecule has 1 aromatic heterocycles. The van der Waals surface area contributed by atoms with Crippen molar-refractivity contribution >= 4 is 23.2 Å². The first-order valence-corrected chi connectivity index (χ1v) is 9.86. The van der Waals surface area contributed by atoms with E-state index in [2.05, 4.69) is 10.3 Å². The Morgan fingerprint density at radius 3 is 2.50 bits per heavy atom. The number of halogens is 2. The van der Waals surface area contributed by atoms with E-state index in [0.29, 0.717) is 35.7 Å². The Balaban J connectivity index is 1.45. The Bertz CT molecular complexity index is 858. The number of nitrogens with zero attached hydrogens (tertiary/aromatic N) is 1. The minimum absolute atomic E-state index is 0.476. The van der Waals surface area contributed by atoms with Gasteiger partial charge in [-0.25, -0.2) is 4.98 Å². The van der Waals surface area contributed by atoms with Gasteiger partial charge in [0.1, 0.15) is 12.4 Å². The Morgan fingerprint density at radius 1 is 0.893 bits per heavy atom.